The third kappa shape index (κ3) is 5.35. The summed E-state index contributed by atoms with van der Waals surface area (Å²) in [5.74, 6) is 0.521. The van der Waals surface area contributed by atoms with E-state index in [-0.39, 0.29) is 5.91 Å². The van der Waals surface area contributed by atoms with Crippen LogP contribution >= 0.6 is 0 Å². The molecule has 0 spiro atoms. The number of benzene rings is 1. The number of likely N-dealkylation sites (N-methyl/N-ethyl adjacent to an activating group) is 1. The van der Waals surface area contributed by atoms with Gasteiger partial charge < -0.3 is 14.5 Å². The van der Waals surface area contributed by atoms with Crippen LogP contribution < -0.4 is 4.74 Å². The molecule has 2 rings (SSSR count). The van der Waals surface area contributed by atoms with Crippen LogP contribution in [0.3, 0.4) is 0 Å². The molecule has 0 aliphatic heterocycles. The molecule has 0 bridgehead atoms. The molecule has 128 valence electrons. The van der Waals surface area contributed by atoms with Crippen molar-refractivity contribution >= 4 is 5.91 Å². The Morgan fingerprint density at radius 2 is 1.83 bits per heavy atom. The summed E-state index contributed by atoms with van der Waals surface area (Å²) in [4.78, 5) is 21.0. The van der Waals surface area contributed by atoms with Crippen molar-refractivity contribution in [1.29, 1.82) is 0 Å². The zero-order valence-electron chi connectivity index (χ0n) is 14.6. The average Bonchev–Trinajstić information content (AvgIpc) is 2.60. The Hall–Kier alpha value is -2.40. The van der Waals surface area contributed by atoms with E-state index in [1.165, 1.54) is 0 Å². The van der Waals surface area contributed by atoms with E-state index in [1.54, 1.807) is 18.3 Å². The average molecular weight is 327 g/mol. The third-order valence-electron chi connectivity index (χ3n) is 3.60. The number of carbonyl (C=O) groups is 1. The number of pyridine rings is 1. The van der Waals surface area contributed by atoms with Gasteiger partial charge in [-0.1, -0.05) is 30.3 Å². The summed E-state index contributed by atoms with van der Waals surface area (Å²) in [6.07, 6.45) is 1.58. The van der Waals surface area contributed by atoms with Gasteiger partial charge in [0.05, 0.1) is 12.2 Å². The maximum atomic E-state index is 12.9. The third-order valence-corrected chi connectivity index (χ3v) is 3.60. The fourth-order valence-electron chi connectivity index (χ4n) is 2.30. The molecule has 0 atom stereocenters. The van der Waals surface area contributed by atoms with Gasteiger partial charge in [0, 0.05) is 31.9 Å². The molecule has 1 amide bonds. The first-order valence-corrected chi connectivity index (χ1v) is 8.17. The van der Waals surface area contributed by atoms with Crippen molar-refractivity contribution in [1.82, 2.24) is 14.8 Å². The number of aromatic nitrogens is 1. The van der Waals surface area contributed by atoms with Crippen molar-refractivity contribution < 1.29 is 9.53 Å². The lowest BCUT2D eigenvalue weighted by Gasteiger charge is -2.24. The van der Waals surface area contributed by atoms with Crippen LogP contribution in [-0.2, 0) is 6.54 Å². The normalized spacial score (nSPS) is 10.7. The Kier molecular flexibility index (Phi) is 6.75. The van der Waals surface area contributed by atoms with E-state index in [0.717, 1.165) is 12.1 Å². The Bertz CT molecular complexity index is 627. The lowest BCUT2D eigenvalue weighted by atomic mass is 10.2. The summed E-state index contributed by atoms with van der Waals surface area (Å²) in [6.45, 7) is 4.52. The number of hydrogen-bond donors (Lipinski definition) is 0. The summed E-state index contributed by atoms with van der Waals surface area (Å²) in [6, 6.07) is 13.5. The predicted octanol–water partition coefficient (Wildman–Crippen LogP) is 2.68. The summed E-state index contributed by atoms with van der Waals surface area (Å²) in [7, 11) is 4.01. The molecule has 1 aromatic heterocycles. The minimum absolute atomic E-state index is 0.0174. The maximum absolute atomic E-state index is 12.9. The molecule has 1 heterocycles. The summed E-state index contributed by atoms with van der Waals surface area (Å²) >= 11 is 0. The molecule has 1 aromatic carbocycles. The van der Waals surface area contributed by atoms with Gasteiger partial charge >= 0.3 is 0 Å². The lowest BCUT2D eigenvalue weighted by Crippen LogP contribution is -2.36. The highest BCUT2D eigenvalue weighted by atomic mass is 16.5. The topological polar surface area (TPSA) is 45.7 Å². The molecule has 0 aliphatic rings. The van der Waals surface area contributed by atoms with Crippen molar-refractivity contribution in [2.45, 2.75) is 13.5 Å². The molecule has 24 heavy (non-hydrogen) atoms. The molecule has 2 aromatic rings. The molecular formula is C19H25N3O2. The van der Waals surface area contributed by atoms with Crippen LogP contribution in [0.1, 0.15) is 22.8 Å². The molecule has 5 nitrogen and oxygen atoms in total. The van der Waals surface area contributed by atoms with Gasteiger partial charge in [0.1, 0.15) is 0 Å². The Balaban J connectivity index is 2.13. The molecule has 0 aliphatic carbocycles. The second-order valence-electron chi connectivity index (χ2n) is 5.83. The van der Waals surface area contributed by atoms with Crippen LogP contribution in [0.25, 0.3) is 0 Å². The van der Waals surface area contributed by atoms with E-state index in [9.17, 15) is 4.79 Å². The van der Waals surface area contributed by atoms with Crippen LogP contribution in [0, 0.1) is 0 Å². The summed E-state index contributed by atoms with van der Waals surface area (Å²) in [5, 5.41) is 0. The first-order valence-electron chi connectivity index (χ1n) is 8.17. The SMILES string of the molecule is CCOc1ccc(C(=O)N(CCN(C)C)Cc2ccccc2)cn1. The molecule has 0 fully saturated rings. The van der Waals surface area contributed by atoms with E-state index in [2.05, 4.69) is 9.88 Å². The fourth-order valence-corrected chi connectivity index (χ4v) is 2.30. The largest absolute Gasteiger partial charge is 0.478 e. The van der Waals surface area contributed by atoms with E-state index < -0.39 is 0 Å². The van der Waals surface area contributed by atoms with Crippen molar-refractivity contribution in [2.24, 2.45) is 0 Å². The maximum Gasteiger partial charge on any atom is 0.255 e. The highest BCUT2D eigenvalue weighted by Crippen LogP contribution is 2.12. The van der Waals surface area contributed by atoms with Gasteiger partial charge in [-0.25, -0.2) is 4.98 Å². The Morgan fingerprint density at radius 1 is 1.08 bits per heavy atom. The minimum atomic E-state index is -0.0174. The second-order valence-corrected chi connectivity index (χ2v) is 5.83. The molecule has 0 radical (unpaired) electrons. The lowest BCUT2D eigenvalue weighted by molar-refractivity contribution is 0.0731. The Labute approximate surface area is 143 Å². The quantitative estimate of drug-likeness (QED) is 0.748. The number of amides is 1. The highest BCUT2D eigenvalue weighted by molar-refractivity contribution is 5.94. The van der Waals surface area contributed by atoms with Gasteiger partial charge in [0.15, 0.2) is 0 Å². The van der Waals surface area contributed by atoms with Gasteiger partial charge in [-0.2, -0.15) is 0 Å². The standard InChI is InChI=1S/C19H25N3O2/c1-4-24-18-11-10-17(14-20-18)19(23)22(13-12-21(2)3)15-16-8-6-5-7-9-16/h5-11,14H,4,12-13,15H2,1-3H3. The van der Waals surface area contributed by atoms with Gasteiger partial charge in [-0.05, 0) is 32.6 Å². The van der Waals surface area contributed by atoms with Crippen LogP contribution in [0.15, 0.2) is 48.7 Å². The number of carbonyl (C=O) groups excluding carboxylic acids is 1. The van der Waals surface area contributed by atoms with Crippen molar-refractivity contribution in [3.63, 3.8) is 0 Å². The molecule has 0 unspecified atom stereocenters. The van der Waals surface area contributed by atoms with Crippen molar-refractivity contribution in [3.05, 3.63) is 59.8 Å². The van der Waals surface area contributed by atoms with E-state index >= 15 is 0 Å². The van der Waals surface area contributed by atoms with Gasteiger partial charge in [-0.3, -0.25) is 4.79 Å². The van der Waals surface area contributed by atoms with Crippen LogP contribution in [0.5, 0.6) is 5.88 Å². The first-order chi connectivity index (χ1) is 11.6. The smallest absolute Gasteiger partial charge is 0.255 e. The Morgan fingerprint density at radius 3 is 2.42 bits per heavy atom. The molecule has 0 N–H and O–H groups in total. The number of ether oxygens (including phenoxy) is 1. The zero-order chi connectivity index (χ0) is 17.4. The first kappa shape index (κ1) is 17.9. The van der Waals surface area contributed by atoms with Crippen molar-refractivity contribution in [3.8, 4) is 5.88 Å². The number of nitrogens with zero attached hydrogens (tertiary/aromatic N) is 3. The highest BCUT2D eigenvalue weighted by Gasteiger charge is 2.17. The van der Waals surface area contributed by atoms with Crippen LogP contribution in [0.2, 0.25) is 0 Å². The number of hydrogen-bond acceptors (Lipinski definition) is 4. The van der Waals surface area contributed by atoms with Crippen LogP contribution in [-0.4, -0.2) is 54.5 Å². The van der Waals surface area contributed by atoms with E-state index in [4.69, 9.17) is 4.74 Å². The van der Waals surface area contributed by atoms with Gasteiger partial charge in [0.2, 0.25) is 5.88 Å². The molecule has 5 heteroatoms. The predicted molar refractivity (Wildman–Crippen MR) is 95.1 cm³/mol. The molecule has 0 saturated carbocycles. The fraction of sp³-hybridized carbons (Fsp3) is 0.368. The summed E-state index contributed by atoms with van der Waals surface area (Å²) in [5.41, 5.74) is 1.69. The monoisotopic (exact) mass is 327 g/mol. The second kappa shape index (κ2) is 9.03. The van der Waals surface area contributed by atoms with E-state index in [0.29, 0.717) is 31.1 Å². The zero-order valence-corrected chi connectivity index (χ0v) is 14.6. The number of rotatable bonds is 8. The van der Waals surface area contributed by atoms with Crippen molar-refractivity contribution in [2.75, 3.05) is 33.8 Å². The molecule has 0 saturated heterocycles. The summed E-state index contributed by atoms with van der Waals surface area (Å²) < 4.78 is 5.33. The van der Waals surface area contributed by atoms with Gasteiger partial charge in [-0.15, -0.1) is 0 Å². The van der Waals surface area contributed by atoms with Crippen LogP contribution in [0.4, 0.5) is 0 Å². The van der Waals surface area contributed by atoms with E-state index in [1.807, 2.05) is 56.3 Å². The van der Waals surface area contributed by atoms with Gasteiger partial charge in [0.25, 0.3) is 5.91 Å². The minimum Gasteiger partial charge on any atom is -0.478 e. The molecular weight excluding hydrogens is 302 g/mol.